The standard InChI is InChI=1S/C13H9NO2/c15-13-11(14-7-3-4-8-14)9-10-5-1-2-6-12(10)16-13/h1-9H. The zero-order chi connectivity index (χ0) is 11.0. The topological polar surface area (TPSA) is 35.1 Å². The van der Waals surface area contributed by atoms with E-state index in [9.17, 15) is 4.79 Å². The highest BCUT2D eigenvalue weighted by atomic mass is 16.4. The van der Waals surface area contributed by atoms with Crippen LogP contribution >= 0.6 is 0 Å². The van der Waals surface area contributed by atoms with Gasteiger partial charge in [-0.25, -0.2) is 4.79 Å². The molecule has 0 aliphatic heterocycles. The Morgan fingerprint density at radius 2 is 1.75 bits per heavy atom. The van der Waals surface area contributed by atoms with Crippen molar-refractivity contribution >= 4 is 11.0 Å². The maximum absolute atomic E-state index is 11.7. The predicted octanol–water partition coefficient (Wildman–Crippen LogP) is 2.58. The van der Waals surface area contributed by atoms with Gasteiger partial charge in [0.1, 0.15) is 11.3 Å². The molecule has 0 unspecified atom stereocenters. The van der Waals surface area contributed by atoms with Crippen molar-refractivity contribution in [2.45, 2.75) is 0 Å². The molecule has 3 aromatic rings. The minimum Gasteiger partial charge on any atom is -0.421 e. The fourth-order valence-corrected chi connectivity index (χ4v) is 1.73. The third-order valence-electron chi connectivity index (χ3n) is 2.51. The van der Waals surface area contributed by atoms with Crippen LogP contribution in [-0.2, 0) is 0 Å². The molecule has 0 saturated heterocycles. The highest BCUT2D eigenvalue weighted by Gasteiger charge is 2.05. The summed E-state index contributed by atoms with van der Waals surface area (Å²) in [5, 5.41) is 0.922. The normalized spacial score (nSPS) is 10.8. The first-order valence-electron chi connectivity index (χ1n) is 5.01. The summed E-state index contributed by atoms with van der Waals surface area (Å²) in [5.74, 6) is 0. The quantitative estimate of drug-likeness (QED) is 0.580. The summed E-state index contributed by atoms with van der Waals surface area (Å²) in [6, 6.07) is 13.0. The third kappa shape index (κ3) is 1.34. The van der Waals surface area contributed by atoms with Crippen molar-refractivity contribution in [2.24, 2.45) is 0 Å². The van der Waals surface area contributed by atoms with Gasteiger partial charge in [-0.1, -0.05) is 18.2 Å². The SMILES string of the molecule is O=c1oc2ccccc2cc1-n1cccc1. The minimum absolute atomic E-state index is 0.324. The molecule has 2 aromatic heterocycles. The number of para-hydroxylation sites is 1. The van der Waals surface area contributed by atoms with E-state index in [2.05, 4.69) is 0 Å². The van der Waals surface area contributed by atoms with Gasteiger partial charge in [0.15, 0.2) is 0 Å². The van der Waals surface area contributed by atoms with E-state index >= 15 is 0 Å². The predicted molar refractivity (Wildman–Crippen MR) is 61.8 cm³/mol. The van der Waals surface area contributed by atoms with Gasteiger partial charge in [-0.05, 0) is 24.3 Å². The van der Waals surface area contributed by atoms with Gasteiger partial charge in [-0.15, -0.1) is 0 Å². The van der Waals surface area contributed by atoms with Crippen molar-refractivity contribution in [3.63, 3.8) is 0 Å². The average molecular weight is 211 g/mol. The van der Waals surface area contributed by atoms with Crippen molar-refractivity contribution in [2.75, 3.05) is 0 Å². The molecule has 1 aromatic carbocycles. The van der Waals surface area contributed by atoms with Gasteiger partial charge in [0.2, 0.25) is 0 Å². The van der Waals surface area contributed by atoms with Crippen LogP contribution < -0.4 is 5.63 Å². The molecule has 0 N–H and O–H groups in total. The van der Waals surface area contributed by atoms with Crippen LogP contribution in [0.25, 0.3) is 16.7 Å². The second kappa shape index (κ2) is 3.38. The Kier molecular flexibility index (Phi) is 1.90. The van der Waals surface area contributed by atoms with Crippen LogP contribution in [-0.4, -0.2) is 4.57 Å². The molecule has 0 radical (unpaired) electrons. The van der Waals surface area contributed by atoms with Crippen molar-refractivity contribution in [1.29, 1.82) is 0 Å². The Balaban J connectivity index is 2.34. The maximum atomic E-state index is 11.7. The number of hydrogen-bond acceptors (Lipinski definition) is 2. The van der Waals surface area contributed by atoms with Crippen LogP contribution in [0.4, 0.5) is 0 Å². The van der Waals surface area contributed by atoms with Crippen molar-refractivity contribution in [3.05, 3.63) is 65.3 Å². The lowest BCUT2D eigenvalue weighted by Crippen LogP contribution is -2.08. The lowest BCUT2D eigenvalue weighted by atomic mass is 10.2. The summed E-state index contributed by atoms with van der Waals surface area (Å²) in [7, 11) is 0. The third-order valence-corrected chi connectivity index (χ3v) is 2.51. The molecule has 16 heavy (non-hydrogen) atoms. The number of aromatic nitrogens is 1. The van der Waals surface area contributed by atoms with Crippen LogP contribution in [0.5, 0.6) is 0 Å². The van der Waals surface area contributed by atoms with E-state index in [1.165, 1.54) is 0 Å². The first-order chi connectivity index (χ1) is 7.84. The Hall–Kier alpha value is -2.29. The summed E-state index contributed by atoms with van der Waals surface area (Å²) in [6.07, 6.45) is 3.64. The van der Waals surface area contributed by atoms with E-state index in [4.69, 9.17) is 4.42 Å². The van der Waals surface area contributed by atoms with E-state index in [-0.39, 0.29) is 5.63 Å². The largest absolute Gasteiger partial charge is 0.421 e. The molecule has 0 aliphatic rings. The zero-order valence-corrected chi connectivity index (χ0v) is 8.46. The van der Waals surface area contributed by atoms with Crippen LogP contribution in [0.3, 0.4) is 0 Å². The van der Waals surface area contributed by atoms with Gasteiger partial charge >= 0.3 is 5.63 Å². The Labute approximate surface area is 91.6 Å². The van der Waals surface area contributed by atoms with Gasteiger partial charge < -0.3 is 8.98 Å². The number of hydrogen-bond donors (Lipinski definition) is 0. The monoisotopic (exact) mass is 211 g/mol. The lowest BCUT2D eigenvalue weighted by Gasteiger charge is -2.02. The Morgan fingerprint density at radius 1 is 1.00 bits per heavy atom. The number of rotatable bonds is 1. The molecule has 78 valence electrons. The summed E-state index contributed by atoms with van der Waals surface area (Å²) in [5.41, 5.74) is 0.821. The van der Waals surface area contributed by atoms with Gasteiger partial charge in [0.05, 0.1) is 0 Å². The smallest absolute Gasteiger partial charge is 0.360 e. The summed E-state index contributed by atoms with van der Waals surface area (Å²) in [6.45, 7) is 0. The summed E-state index contributed by atoms with van der Waals surface area (Å²) < 4.78 is 6.99. The van der Waals surface area contributed by atoms with Gasteiger partial charge in [-0.2, -0.15) is 0 Å². The number of benzene rings is 1. The van der Waals surface area contributed by atoms with E-state index < -0.39 is 0 Å². The molecule has 0 aliphatic carbocycles. The molecule has 3 rings (SSSR count). The fraction of sp³-hybridized carbons (Fsp3) is 0. The number of fused-ring (bicyclic) bond motifs is 1. The van der Waals surface area contributed by atoms with E-state index in [0.29, 0.717) is 11.3 Å². The van der Waals surface area contributed by atoms with Crippen LogP contribution in [0.15, 0.2) is 64.1 Å². The summed E-state index contributed by atoms with van der Waals surface area (Å²) in [4.78, 5) is 11.7. The first-order valence-corrected chi connectivity index (χ1v) is 5.01. The zero-order valence-electron chi connectivity index (χ0n) is 8.46. The number of nitrogens with zero attached hydrogens (tertiary/aromatic N) is 1. The van der Waals surface area contributed by atoms with Crippen molar-refractivity contribution < 1.29 is 4.42 Å². The molecule has 3 nitrogen and oxygen atoms in total. The summed E-state index contributed by atoms with van der Waals surface area (Å²) >= 11 is 0. The Morgan fingerprint density at radius 3 is 2.56 bits per heavy atom. The minimum atomic E-state index is -0.324. The molecule has 0 amide bonds. The van der Waals surface area contributed by atoms with Gasteiger partial charge in [0.25, 0.3) is 0 Å². The van der Waals surface area contributed by atoms with Crippen LogP contribution in [0.1, 0.15) is 0 Å². The Bertz CT molecular complexity index is 680. The van der Waals surface area contributed by atoms with Gasteiger partial charge in [-0.3, -0.25) is 0 Å². The molecule has 3 heteroatoms. The second-order valence-corrected chi connectivity index (χ2v) is 3.55. The van der Waals surface area contributed by atoms with Crippen LogP contribution in [0, 0.1) is 0 Å². The molecule has 0 saturated carbocycles. The fourth-order valence-electron chi connectivity index (χ4n) is 1.73. The first kappa shape index (κ1) is 8.97. The van der Waals surface area contributed by atoms with E-state index in [0.717, 1.165) is 5.39 Å². The molecule has 0 fully saturated rings. The van der Waals surface area contributed by atoms with Crippen molar-refractivity contribution in [3.8, 4) is 5.69 Å². The molecule has 0 atom stereocenters. The molecular weight excluding hydrogens is 202 g/mol. The maximum Gasteiger partial charge on any atom is 0.360 e. The molecule has 0 spiro atoms. The molecule has 2 heterocycles. The average Bonchev–Trinajstić information content (AvgIpc) is 2.81. The highest BCUT2D eigenvalue weighted by Crippen LogP contribution is 2.14. The van der Waals surface area contributed by atoms with Gasteiger partial charge in [0, 0.05) is 17.8 Å². The molecular formula is C13H9NO2. The van der Waals surface area contributed by atoms with Crippen LogP contribution in [0.2, 0.25) is 0 Å². The highest BCUT2D eigenvalue weighted by molar-refractivity contribution is 5.77. The van der Waals surface area contributed by atoms with Crippen molar-refractivity contribution in [1.82, 2.24) is 4.57 Å². The van der Waals surface area contributed by atoms with E-state index in [1.54, 1.807) is 10.6 Å². The molecule has 0 bridgehead atoms. The second-order valence-electron chi connectivity index (χ2n) is 3.55. The lowest BCUT2D eigenvalue weighted by molar-refractivity contribution is 0.556. The van der Waals surface area contributed by atoms with E-state index in [1.807, 2.05) is 48.8 Å².